The minimum absolute atomic E-state index is 0.166. The van der Waals surface area contributed by atoms with Gasteiger partial charge in [-0.2, -0.15) is 0 Å². The number of ether oxygens (including phenoxy) is 1. The van der Waals surface area contributed by atoms with Crippen molar-refractivity contribution >= 4 is 33.2 Å². The van der Waals surface area contributed by atoms with Crippen molar-refractivity contribution in [2.75, 3.05) is 24.6 Å². The van der Waals surface area contributed by atoms with Gasteiger partial charge in [0.25, 0.3) is 5.91 Å². The standard InChI is InChI=1S/C33H41ClN2O5S/c1-21(2)31-8-4-3-7-29(37)26-12-9-24(26)18-36-19-33(15-5-6-22-16-25(34)11-13-27(22)33)20-41-30-14-10-23(17-28(30)36)32(38)35-42(31,39)40/h3-4,10-11,13-14,16-17,21,24,26,29,31,37H,5-9,12,15,18-20H2,1-2H3,(H,35,38)/t24?,26?,29?,31-,33+/m1/s1. The Labute approximate surface area is 254 Å². The lowest BCUT2D eigenvalue weighted by Gasteiger charge is -2.45. The Morgan fingerprint density at radius 3 is 2.69 bits per heavy atom. The topological polar surface area (TPSA) is 95.9 Å². The zero-order valence-corrected chi connectivity index (χ0v) is 26.0. The molecule has 6 rings (SSSR count). The number of aliphatic hydroxyl groups excluding tert-OH is 1. The van der Waals surface area contributed by atoms with Gasteiger partial charge in [0.2, 0.25) is 10.0 Å². The molecular weight excluding hydrogens is 572 g/mol. The summed E-state index contributed by atoms with van der Waals surface area (Å²) >= 11 is 6.39. The van der Waals surface area contributed by atoms with Crippen LogP contribution in [0.15, 0.2) is 48.6 Å². The summed E-state index contributed by atoms with van der Waals surface area (Å²) in [6.45, 7) is 5.62. The molecule has 226 valence electrons. The Morgan fingerprint density at radius 2 is 1.93 bits per heavy atom. The van der Waals surface area contributed by atoms with E-state index in [0.717, 1.165) is 49.4 Å². The van der Waals surface area contributed by atoms with E-state index in [1.165, 1.54) is 11.1 Å². The van der Waals surface area contributed by atoms with Crippen molar-refractivity contribution in [2.45, 2.75) is 75.6 Å². The molecule has 1 spiro atoms. The van der Waals surface area contributed by atoms with Crippen molar-refractivity contribution in [1.29, 1.82) is 0 Å². The number of amides is 1. The van der Waals surface area contributed by atoms with Crippen LogP contribution in [0.1, 0.15) is 73.9 Å². The normalized spacial score (nSPS) is 30.9. The third kappa shape index (κ3) is 5.58. The number of aryl methyl sites for hydroxylation is 1. The number of sulfonamides is 1. The summed E-state index contributed by atoms with van der Waals surface area (Å²) < 4.78 is 35.6. The van der Waals surface area contributed by atoms with E-state index in [0.29, 0.717) is 31.2 Å². The van der Waals surface area contributed by atoms with Gasteiger partial charge in [0.1, 0.15) is 5.75 Å². The minimum atomic E-state index is -3.94. The fourth-order valence-electron chi connectivity index (χ4n) is 7.53. The van der Waals surface area contributed by atoms with Gasteiger partial charge in [-0.25, -0.2) is 13.1 Å². The first-order valence-corrected chi connectivity index (χ1v) is 17.2. The van der Waals surface area contributed by atoms with Crippen LogP contribution in [0, 0.1) is 17.8 Å². The molecule has 5 atom stereocenters. The van der Waals surface area contributed by atoms with E-state index in [2.05, 4.69) is 21.8 Å². The van der Waals surface area contributed by atoms with E-state index in [4.69, 9.17) is 16.3 Å². The van der Waals surface area contributed by atoms with Crippen molar-refractivity contribution < 1.29 is 23.1 Å². The molecule has 2 heterocycles. The smallest absolute Gasteiger partial charge is 0.264 e. The molecule has 0 saturated heterocycles. The number of carbonyl (C=O) groups excluding carboxylic acids is 1. The maximum absolute atomic E-state index is 13.4. The van der Waals surface area contributed by atoms with E-state index in [9.17, 15) is 18.3 Å². The van der Waals surface area contributed by atoms with Gasteiger partial charge in [-0.15, -0.1) is 0 Å². The number of anilines is 1. The van der Waals surface area contributed by atoms with Crippen LogP contribution in [-0.2, 0) is 21.9 Å². The highest BCUT2D eigenvalue weighted by Crippen LogP contribution is 2.47. The van der Waals surface area contributed by atoms with Gasteiger partial charge in [0.05, 0.1) is 23.6 Å². The van der Waals surface area contributed by atoms with Crippen LogP contribution in [0.3, 0.4) is 0 Å². The highest BCUT2D eigenvalue weighted by atomic mass is 35.5. The molecule has 1 amide bonds. The Morgan fingerprint density at radius 1 is 1.12 bits per heavy atom. The number of halogens is 1. The largest absolute Gasteiger partial charge is 0.490 e. The van der Waals surface area contributed by atoms with E-state index in [1.54, 1.807) is 18.2 Å². The van der Waals surface area contributed by atoms with Gasteiger partial charge < -0.3 is 14.7 Å². The van der Waals surface area contributed by atoms with E-state index < -0.39 is 27.3 Å². The molecule has 2 aliphatic heterocycles. The molecule has 9 heteroatoms. The molecule has 1 fully saturated rings. The van der Waals surface area contributed by atoms with Crippen molar-refractivity contribution in [2.24, 2.45) is 17.8 Å². The SMILES string of the molecule is CC(C)[C@H]1CC=CCC(O)C2CCC2CN2C[C@@]3(CCCc4cc(Cl)ccc43)COc3ccc(cc32)C(=O)NS1(=O)=O. The highest BCUT2D eigenvalue weighted by molar-refractivity contribution is 7.90. The number of hydrogen-bond donors (Lipinski definition) is 2. The van der Waals surface area contributed by atoms with Gasteiger partial charge in [-0.3, -0.25) is 4.79 Å². The fourth-order valence-corrected chi connectivity index (χ4v) is 9.33. The quantitative estimate of drug-likeness (QED) is 0.405. The van der Waals surface area contributed by atoms with Crippen molar-refractivity contribution in [3.8, 4) is 5.75 Å². The Balaban J connectivity index is 1.42. The zero-order valence-electron chi connectivity index (χ0n) is 24.4. The molecule has 0 radical (unpaired) electrons. The minimum Gasteiger partial charge on any atom is -0.490 e. The van der Waals surface area contributed by atoms with Crippen LogP contribution in [0.25, 0.3) is 0 Å². The number of fused-ring (bicyclic) bond motifs is 4. The van der Waals surface area contributed by atoms with Gasteiger partial charge in [0, 0.05) is 29.1 Å². The average Bonchev–Trinajstić information content (AvgIpc) is 3.06. The number of nitrogens with zero attached hydrogens (tertiary/aromatic N) is 1. The Bertz CT molecular complexity index is 1490. The number of allylic oxidation sites excluding steroid dienone is 1. The summed E-state index contributed by atoms with van der Waals surface area (Å²) in [5, 5.41) is 11.1. The van der Waals surface area contributed by atoms with Crippen LogP contribution in [0.5, 0.6) is 5.75 Å². The van der Waals surface area contributed by atoms with E-state index in [-0.39, 0.29) is 29.2 Å². The third-order valence-corrected chi connectivity index (χ3v) is 12.3. The molecule has 2 aromatic rings. The molecule has 2 aromatic carbocycles. The molecule has 2 aliphatic carbocycles. The molecule has 4 aliphatic rings. The average molecular weight is 613 g/mol. The van der Waals surface area contributed by atoms with Gasteiger partial charge in [0.15, 0.2) is 0 Å². The maximum atomic E-state index is 13.4. The zero-order chi connectivity index (χ0) is 29.6. The number of benzene rings is 2. The van der Waals surface area contributed by atoms with Crippen LogP contribution < -0.4 is 14.4 Å². The second-order valence-electron chi connectivity index (χ2n) is 13.1. The molecular formula is C33H41ClN2O5S. The van der Waals surface area contributed by atoms with Gasteiger partial charge in [-0.1, -0.05) is 43.7 Å². The molecule has 2 N–H and O–H groups in total. The molecule has 3 unspecified atom stereocenters. The molecule has 2 bridgehead atoms. The predicted molar refractivity (Wildman–Crippen MR) is 166 cm³/mol. The summed E-state index contributed by atoms with van der Waals surface area (Å²) in [7, 11) is -3.94. The lowest BCUT2D eigenvalue weighted by Crippen LogP contribution is -2.49. The Kier molecular flexibility index (Phi) is 8.09. The van der Waals surface area contributed by atoms with Crippen molar-refractivity contribution in [3.63, 3.8) is 0 Å². The summed E-state index contributed by atoms with van der Waals surface area (Å²) in [4.78, 5) is 15.7. The number of nitrogens with one attached hydrogen (secondary N) is 1. The first-order chi connectivity index (χ1) is 20.1. The van der Waals surface area contributed by atoms with Crippen molar-refractivity contribution in [1.82, 2.24) is 4.72 Å². The lowest BCUT2D eigenvalue weighted by molar-refractivity contribution is 0.0177. The van der Waals surface area contributed by atoms with Gasteiger partial charge >= 0.3 is 0 Å². The van der Waals surface area contributed by atoms with E-state index in [1.807, 2.05) is 32.1 Å². The highest BCUT2D eigenvalue weighted by Gasteiger charge is 2.44. The van der Waals surface area contributed by atoms with Crippen LogP contribution in [0.4, 0.5) is 5.69 Å². The van der Waals surface area contributed by atoms with Crippen LogP contribution >= 0.6 is 11.6 Å². The molecule has 0 aromatic heterocycles. The fraction of sp³-hybridized carbons (Fsp3) is 0.545. The predicted octanol–water partition coefficient (Wildman–Crippen LogP) is 5.63. The Hall–Kier alpha value is -2.55. The van der Waals surface area contributed by atoms with E-state index >= 15 is 0 Å². The number of aliphatic hydroxyl groups is 1. The first-order valence-electron chi connectivity index (χ1n) is 15.3. The third-order valence-electron chi connectivity index (χ3n) is 10.0. The number of carbonyl (C=O) groups is 1. The lowest BCUT2D eigenvalue weighted by atomic mass is 9.68. The molecule has 42 heavy (non-hydrogen) atoms. The molecule has 1 saturated carbocycles. The number of hydrogen-bond acceptors (Lipinski definition) is 6. The van der Waals surface area contributed by atoms with Crippen LogP contribution in [-0.4, -0.2) is 50.5 Å². The first kappa shape index (κ1) is 29.5. The summed E-state index contributed by atoms with van der Waals surface area (Å²) in [5.41, 5.74) is 3.34. The monoisotopic (exact) mass is 612 g/mol. The number of rotatable bonds is 1. The van der Waals surface area contributed by atoms with Crippen LogP contribution in [0.2, 0.25) is 5.02 Å². The van der Waals surface area contributed by atoms with Gasteiger partial charge in [-0.05, 0) is 104 Å². The molecule has 7 nitrogen and oxygen atoms in total. The van der Waals surface area contributed by atoms with Crippen molar-refractivity contribution in [3.05, 3.63) is 70.3 Å². The second-order valence-corrected chi connectivity index (χ2v) is 15.4. The summed E-state index contributed by atoms with van der Waals surface area (Å²) in [6, 6.07) is 11.4. The maximum Gasteiger partial charge on any atom is 0.264 e. The second kappa shape index (κ2) is 11.5. The summed E-state index contributed by atoms with van der Waals surface area (Å²) in [5.74, 6) is 0.333. The summed E-state index contributed by atoms with van der Waals surface area (Å²) in [6.07, 6.45) is 9.00.